The fourth-order valence-electron chi connectivity index (χ4n) is 1.28. The first-order valence-corrected chi connectivity index (χ1v) is 7.67. The Hall–Kier alpha value is -2.71. The van der Waals surface area contributed by atoms with Crippen LogP contribution in [0, 0.1) is 0 Å². The van der Waals surface area contributed by atoms with E-state index in [1.54, 1.807) is 13.0 Å². The van der Waals surface area contributed by atoms with Gasteiger partial charge in [0.1, 0.15) is 12.7 Å². The van der Waals surface area contributed by atoms with Crippen LogP contribution >= 0.6 is 0 Å². The molecule has 0 heterocycles. The molecular weight excluding hydrogens is 333 g/mol. The van der Waals surface area contributed by atoms with Crippen LogP contribution in [0.2, 0.25) is 0 Å². The maximum atomic E-state index is 12.3. The lowest BCUT2D eigenvalue weighted by Gasteiger charge is -2.14. The van der Waals surface area contributed by atoms with Crippen molar-refractivity contribution >= 4 is 23.6 Å². The third-order valence-electron chi connectivity index (χ3n) is 2.34. The normalized spacial score (nSPS) is 10.9. The molecule has 142 valence electrons. The lowest BCUT2D eigenvalue weighted by Crippen LogP contribution is -2.47. The van der Waals surface area contributed by atoms with Gasteiger partial charge in [-0.1, -0.05) is 32.9 Å². The molecular formula is C16H26FN3O5. The molecule has 8 nitrogen and oxygen atoms in total. The lowest BCUT2D eigenvalue weighted by molar-refractivity contribution is -0.140. The van der Waals surface area contributed by atoms with Gasteiger partial charge in [0, 0.05) is 0 Å². The molecule has 0 aliphatic rings. The average Bonchev–Trinajstić information content (AvgIpc) is 2.56. The van der Waals surface area contributed by atoms with Crippen LogP contribution in [0.4, 0.5) is 4.39 Å². The Morgan fingerprint density at radius 1 is 1.24 bits per heavy atom. The summed E-state index contributed by atoms with van der Waals surface area (Å²) in [6.45, 7) is 7.49. The summed E-state index contributed by atoms with van der Waals surface area (Å²) in [6.07, 6.45) is 3.60. The minimum Gasteiger partial charge on any atom is -0.481 e. The summed E-state index contributed by atoms with van der Waals surface area (Å²) in [4.78, 5) is 44.8. The topological polar surface area (TPSA) is 125 Å². The molecule has 0 radical (unpaired) electrons. The number of nitrogens with one attached hydrogen (secondary N) is 3. The van der Waals surface area contributed by atoms with Crippen molar-refractivity contribution in [3.63, 3.8) is 0 Å². The van der Waals surface area contributed by atoms with E-state index in [2.05, 4.69) is 31.1 Å². The molecule has 0 saturated heterocycles. The third-order valence-corrected chi connectivity index (χ3v) is 2.34. The maximum Gasteiger partial charge on any atom is 0.305 e. The first kappa shape index (κ1) is 24.5. The number of carbonyl (C=O) groups excluding carboxylic acids is 3. The van der Waals surface area contributed by atoms with Crippen molar-refractivity contribution in [1.29, 1.82) is 0 Å². The number of rotatable bonds is 10. The Bertz CT molecular complexity index is 506. The first-order valence-electron chi connectivity index (χ1n) is 7.67. The molecule has 0 fully saturated rings. The molecule has 4 N–H and O–H groups in total. The summed E-state index contributed by atoms with van der Waals surface area (Å²) >= 11 is 0. The number of hydrogen-bond acceptors (Lipinski definition) is 5. The summed E-state index contributed by atoms with van der Waals surface area (Å²) in [7, 11) is 0. The van der Waals surface area contributed by atoms with E-state index in [0.29, 0.717) is 0 Å². The van der Waals surface area contributed by atoms with E-state index in [4.69, 9.17) is 5.11 Å². The van der Waals surface area contributed by atoms with E-state index in [1.807, 2.05) is 5.32 Å². The van der Waals surface area contributed by atoms with Crippen molar-refractivity contribution in [1.82, 2.24) is 16.0 Å². The largest absolute Gasteiger partial charge is 0.481 e. The molecule has 9 heteroatoms. The molecule has 0 aliphatic carbocycles. The van der Waals surface area contributed by atoms with Crippen molar-refractivity contribution in [2.24, 2.45) is 0 Å². The summed E-state index contributed by atoms with van der Waals surface area (Å²) < 4.78 is 12.3. The smallest absolute Gasteiger partial charge is 0.305 e. The van der Waals surface area contributed by atoms with Crippen LogP contribution in [0.3, 0.4) is 0 Å². The van der Waals surface area contributed by atoms with E-state index in [1.165, 1.54) is 12.6 Å². The average molecular weight is 359 g/mol. The van der Waals surface area contributed by atoms with Crippen LogP contribution in [-0.2, 0) is 19.2 Å². The molecule has 1 atom stereocenters. The Labute approximate surface area is 146 Å². The second-order valence-electron chi connectivity index (χ2n) is 4.83. The van der Waals surface area contributed by atoms with Gasteiger partial charge in [0.15, 0.2) is 5.78 Å². The monoisotopic (exact) mass is 359 g/mol. The highest BCUT2D eigenvalue weighted by atomic mass is 19.1. The standard InChI is InChI=1S/C13H18FN3O5.C3H8/c1-3-4-15-8(2)13(22)16-7-11(19)17-9(5-12(20)21)10(18)6-14;1-3-2/h3-4,9,15H,2,5-7H2,1H3,(H,16,22)(H,17,19)(H,20,21);3H2,1-2H3/b4-3-;. The van der Waals surface area contributed by atoms with Gasteiger partial charge in [-0.3, -0.25) is 19.2 Å². The summed E-state index contributed by atoms with van der Waals surface area (Å²) in [6, 6.07) is -1.48. The van der Waals surface area contributed by atoms with Gasteiger partial charge in [0.05, 0.1) is 18.7 Å². The maximum absolute atomic E-state index is 12.3. The van der Waals surface area contributed by atoms with Crippen LogP contribution in [0.15, 0.2) is 24.6 Å². The second kappa shape index (κ2) is 14.9. The predicted octanol–water partition coefficient (Wildman–Crippen LogP) is 0.654. The number of carboxylic acid groups (broad SMARTS) is 1. The van der Waals surface area contributed by atoms with Crippen molar-refractivity contribution < 1.29 is 28.7 Å². The molecule has 0 aliphatic heterocycles. The van der Waals surface area contributed by atoms with Gasteiger partial charge >= 0.3 is 5.97 Å². The van der Waals surface area contributed by atoms with Crippen molar-refractivity contribution in [2.75, 3.05) is 13.2 Å². The molecule has 0 spiro atoms. The van der Waals surface area contributed by atoms with Crippen LogP contribution in [-0.4, -0.2) is 47.9 Å². The predicted molar refractivity (Wildman–Crippen MR) is 91.2 cm³/mol. The van der Waals surface area contributed by atoms with E-state index in [-0.39, 0.29) is 5.70 Å². The molecule has 25 heavy (non-hydrogen) atoms. The van der Waals surface area contributed by atoms with E-state index in [0.717, 1.165) is 0 Å². The summed E-state index contributed by atoms with van der Waals surface area (Å²) in [5.74, 6) is -3.89. The Balaban J connectivity index is 0. The third kappa shape index (κ3) is 13.4. The number of carboxylic acids is 1. The van der Waals surface area contributed by atoms with E-state index in [9.17, 15) is 23.6 Å². The van der Waals surface area contributed by atoms with Gasteiger partial charge in [-0.15, -0.1) is 0 Å². The zero-order valence-electron chi connectivity index (χ0n) is 14.7. The van der Waals surface area contributed by atoms with E-state index < -0.39 is 49.2 Å². The SMILES string of the molecule is C=C(N/C=C\C)C(=O)NCC(=O)NC(CC(=O)O)C(=O)CF.CCC. The first-order chi connectivity index (χ1) is 11.7. The van der Waals surface area contributed by atoms with Crippen molar-refractivity contribution in [3.05, 3.63) is 24.6 Å². The minimum atomic E-state index is -1.48. The summed E-state index contributed by atoms with van der Waals surface area (Å²) in [5, 5.41) is 15.4. The van der Waals surface area contributed by atoms with Gasteiger partial charge in [0.2, 0.25) is 5.91 Å². The number of hydrogen-bond donors (Lipinski definition) is 4. The van der Waals surface area contributed by atoms with Crippen LogP contribution < -0.4 is 16.0 Å². The van der Waals surface area contributed by atoms with Crippen LogP contribution in [0.1, 0.15) is 33.6 Å². The molecule has 0 bridgehead atoms. The fraction of sp³-hybridized carbons (Fsp3) is 0.500. The van der Waals surface area contributed by atoms with Gasteiger partial charge in [-0.2, -0.15) is 0 Å². The Morgan fingerprint density at radius 3 is 2.24 bits per heavy atom. The van der Waals surface area contributed by atoms with Crippen LogP contribution in [0.25, 0.3) is 0 Å². The fourth-order valence-corrected chi connectivity index (χ4v) is 1.28. The molecule has 1 unspecified atom stereocenters. The number of allylic oxidation sites excluding steroid dienone is 1. The Morgan fingerprint density at radius 2 is 1.80 bits per heavy atom. The number of aliphatic carboxylic acids is 1. The van der Waals surface area contributed by atoms with Crippen molar-refractivity contribution in [3.8, 4) is 0 Å². The second-order valence-corrected chi connectivity index (χ2v) is 4.83. The Kier molecular flexibility index (Phi) is 14.6. The summed E-state index contributed by atoms with van der Waals surface area (Å²) in [5.41, 5.74) is -0.00665. The quantitative estimate of drug-likeness (QED) is 0.425. The van der Waals surface area contributed by atoms with E-state index >= 15 is 0 Å². The van der Waals surface area contributed by atoms with Gasteiger partial charge in [-0.05, 0) is 13.1 Å². The zero-order valence-corrected chi connectivity index (χ0v) is 14.7. The molecule has 0 rings (SSSR count). The van der Waals surface area contributed by atoms with Gasteiger partial charge < -0.3 is 21.1 Å². The van der Waals surface area contributed by atoms with Gasteiger partial charge in [0.25, 0.3) is 5.91 Å². The number of alkyl halides is 1. The number of halogens is 1. The highest BCUT2D eigenvalue weighted by Crippen LogP contribution is 1.96. The molecule has 2 amide bonds. The molecule has 0 aromatic heterocycles. The number of ketones is 1. The zero-order chi connectivity index (χ0) is 19.8. The number of Topliss-reactive ketones (excluding diaryl/α,β-unsaturated/α-hetero) is 1. The highest BCUT2D eigenvalue weighted by molar-refractivity contribution is 5.96. The number of amides is 2. The molecule has 0 saturated carbocycles. The molecule has 0 aromatic carbocycles. The van der Waals surface area contributed by atoms with Gasteiger partial charge in [-0.25, -0.2) is 4.39 Å². The lowest BCUT2D eigenvalue weighted by atomic mass is 10.1. The molecule has 0 aromatic rings. The minimum absolute atomic E-state index is 0.00665. The highest BCUT2D eigenvalue weighted by Gasteiger charge is 2.23. The van der Waals surface area contributed by atoms with Crippen LogP contribution in [0.5, 0.6) is 0 Å². The van der Waals surface area contributed by atoms with Crippen molar-refractivity contribution in [2.45, 2.75) is 39.7 Å². The number of carbonyl (C=O) groups is 4.